The number of nitrogen functional groups attached to an aromatic ring is 2. The molecule has 0 spiro atoms. The first kappa shape index (κ1) is 30.5. The van der Waals surface area contributed by atoms with Crippen molar-refractivity contribution in [3.8, 4) is 11.1 Å². The van der Waals surface area contributed by atoms with Gasteiger partial charge in [0.2, 0.25) is 0 Å². The molecule has 0 atom stereocenters. The molecule has 0 aliphatic heterocycles. The molecule has 6 rings (SSSR count). The van der Waals surface area contributed by atoms with E-state index >= 15 is 0 Å². The Morgan fingerprint density at radius 1 is 0.543 bits per heavy atom. The van der Waals surface area contributed by atoms with Crippen LogP contribution in [0.15, 0.2) is 129 Å². The van der Waals surface area contributed by atoms with Crippen LogP contribution in [0.1, 0.15) is 0 Å². The van der Waals surface area contributed by atoms with Gasteiger partial charge in [0, 0.05) is 21.5 Å². The maximum Gasteiger partial charge on any atom is 0.296 e. The molecular weight excluding hydrogens is 629 g/mol. The summed E-state index contributed by atoms with van der Waals surface area (Å²) >= 11 is 0. The van der Waals surface area contributed by atoms with Gasteiger partial charge < -0.3 is 22.3 Å². The zero-order chi connectivity index (χ0) is 32.6. The van der Waals surface area contributed by atoms with Crippen molar-refractivity contribution in [2.45, 2.75) is 9.79 Å². The average Bonchev–Trinajstić information content (AvgIpc) is 3.04. The summed E-state index contributed by atoms with van der Waals surface area (Å²) in [5.74, 6) is 0. The van der Waals surface area contributed by atoms with Gasteiger partial charge in [-0.1, -0.05) is 72.8 Å². The van der Waals surface area contributed by atoms with Crippen molar-refractivity contribution in [3.05, 3.63) is 109 Å². The third-order valence-corrected chi connectivity index (χ3v) is 9.12. The predicted octanol–water partition coefficient (Wildman–Crippen LogP) is 7.17. The minimum Gasteiger partial charge on any atom is -0.397 e. The topological polar surface area (TPSA) is 210 Å². The van der Waals surface area contributed by atoms with E-state index in [2.05, 4.69) is 21.1 Å². The molecule has 6 aromatic carbocycles. The second-order valence-electron chi connectivity index (χ2n) is 10.3. The van der Waals surface area contributed by atoms with Gasteiger partial charge in [0.15, 0.2) is 0 Å². The van der Waals surface area contributed by atoms with Crippen LogP contribution in [-0.2, 0) is 20.2 Å². The van der Waals surface area contributed by atoms with Crippen molar-refractivity contribution in [2.75, 3.05) is 22.3 Å². The summed E-state index contributed by atoms with van der Waals surface area (Å²) in [5, 5.41) is 10.7. The standard InChI is InChI=1S/C32H26N6O6S2/c33-31-25-7-3-1-5-23(25)27(17-29(31)45(39,40)41)37-35-21-13-9-19(10-14-21)20-11-15-22(16-12-20)36-38-28-18-30(46(42,43)44)32(34)26-8-4-2-6-24(26)28/h1-18,35,37H,33-34H2,(H,39,40,41)(H,42,43,44)/b38-36+. The number of hydrogen-bond acceptors (Lipinski definition) is 10. The van der Waals surface area contributed by atoms with Crippen LogP contribution in [-0.4, -0.2) is 25.9 Å². The number of hydrogen-bond donors (Lipinski definition) is 6. The van der Waals surface area contributed by atoms with E-state index in [9.17, 15) is 25.9 Å². The van der Waals surface area contributed by atoms with Gasteiger partial charge in [0.1, 0.15) is 9.79 Å². The molecule has 46 heavy (non-hydrogen) atoms. The second-order valence-corrected chi connectivity index (χ2v) is 13.0. The number of benzene rings is 6. The largest absolute Gasteiger partial charge is 0.397 e. The summed E-state index contributed by atoms with van der Waals surface area (Å²) in [7, 11) is -9.12. The molecule has 6 aromatic rings. The molecule has 0 aromatic heterocycles. The van der Waals surface area contributed by atoms with Gasteiger partial charge in [-0.2, -0.15) is 21.9 Å². The molecule has 0 saturated heterocycles. The van der Waals surface area contributed by atoms with Crippen LogP contribution < -0.4 is 22.3 Å². The van der Waals surface area contributed by atoms with Crippen LogP contribution in [0.5, 0.6) is 0 Å². The van der Waals surface area contributed by atoms with E-state index in [-0.39, 0.29) is 17.1 Å². The van der Waals surface area contributed by atoms with Crippen molar-refractivity contribution in [1.82, 2.24) is 0 Å². The number of nitrogens with one attached hydrogen (secondary N) is 2. The van der Waals surface area contributed by atoms with E-state index in [4.69, 9.17) is 11.5 Å². The van der Waals surface area contributed by atoms with Gasteiger partial charge >= 0.3 is 0 Å². The first-order valence-electron chi connectivity index (χ1n) is 13.6. The Balaban J connectivity index is 1.20. The van der Waals surface area contributed by atoms with Gasteiger partial charge in [-0.15, -0.1) is 5.11 Å². The van der Waals surface area contributed by atoms with Gasteiger partial charge in [0.05, 0.1) is 34.1 Å². The molecule has 0 unspecified atom stereocenters. The Kier molecular flexibility index (Phi) is 7.79. The zero-order valence-electron chi connectivity index (χ0n) is 23.8. The highest BCUT2D eigenvalue weighted by Gasteiger charge is 2.20. The fourth-order valence-electron chi connectivity index (χ4n) is 5.06. The molecule has 8 N–H and O–H groups in total. The number of fused-ring (bicyclic) bond motifs is 2. The van der Waals surface area contributed by atoms with Crippen molar-refractivity contribution in [2.24, 2.45) is 10.2 Å². The van der Waals surface area contributed by atoms with E-state index in [0.717, 1.165) is 11.1 Å². The Morgan fingerprint density at radius 3 is 1.59 bits per heavy atom. The van der Waals surface area contributed by atoms with Crippen molar-refractivity contribution >= 4 is 75.9 Å². The summed E-state index contributed by atoms with van der Waals surface area (Å²) in [6, 6.07) is 31.0. The lowest BCUT2D eigenvalue weighted by Crippen LogP contribution is -2.11. The highest BCUT2D eigenvalue weighted by atomic mass is 32.2. The van der Waals surface area contributed by atoms with Crippen LogP contribution in [0.4, 0.5) is 34.1 Å². The summed E-state index contributed by atoms with van der Waals surface area (Å²) in [4.78, 5) is -0.827. The Morgan fingerprint density at radius 2 is 1.02 bits per heavy atom. The molecule has 232 valence electrons. The number of anilines is 4. The predicted molar refractivity (Wildman–Crippen MR) is 180 cm³/mol. The number of rotatable bonds is 8. The molecule has 0 aliphatic rings. The minimum atomic E-state index is -4.58. The third kappa shape index (κ3) is 6.05. The second kappa shape index (κ2) is 11.8. The van der Waals surface area contributed by atoms with Crippen LogP contribution >= 0.6 is 0 Å². The monoisotopic (exact) mass is 654 g/mol. The molecule has 0 radical (unpaired) electrons. The lowest BCUT2D eigenvalue weighted by molar-refractivity contribution is 0.481. The van der Waals surface area contributed by atoms with E-state index in [1.54, 1.807) is 60.7 Å². The number of nitrogens with zero attached hydrogens (tertiary/aromatic N) is 2. The molecule has 0 saturated carbocycles. The maximum absolute atomic E-state index is 11.9. The molecule has 0 aliphatic carbocycles. The summed E-state index contributed by atoms with van der Waals surface area (Å²) < 4.78 is 66.9. The van der Waals surface area contributed by atoms with Crippen molar-refractivity contribution < 1.29 is 25.9 Å². The highest BCUT2D eigenvalue weighted by Crippen LogP contribution is 2.37. The Hall–Kier alpha value is -5.54. The van der Waals surface area contributed by atoms with Gasteiger partial charge in [0.25, 0.3) is 20.2 Å². The number of azo groups is 1. The molecule has 0 fully saturated rings. The molecule has 0 heterocycles. The molecule has 0 bridgehead atoms. The smallest absolute Gasteiger partial charge is 0.296 e. The lowest BCUT2D eigenvalue weighted by atomic mass is 10.1. The lowest BCUT2D eigenvalue weighted by Gasteiger charge is -2.16. The summed E-state index contributed by atoms with van der Waals surface area (Å²) in [6.07, 6.45) is 0. The molecule has 14 heteroatoms. The Labute approximate surface area is 263 Å². The average molecular weight is 655 g/mol. The maximum atomic E-state index is 11.9. The van der Waals surface area contributed by atoms with Gasteiger partial charge in [-0.3, -0.25) is 9.11 Å². The summed E-state index contributed by atoms with van der Waals surface area (Å²) in [6.45, 7) is 0. The van der Waals surface area contributed by atoms with Crippen molar-refractivity contribution in [3.63, 3.8) is 0 Å². The van der Waals surface area contributed by atoms with Crippen LogP contribution in [0.2, 0.25) is 0 Å². The molecular formula is C32H26N6O6S2. The minimum absolute atomic E-state index is 0.0365. The van der Waals surface area contributed by atoms with Gasteiger partial charge in [-0.05, 0) is 47.5 Å². The number of hydrazine groups is 1. The van der Waals surface area contributed by atoms with Crippen LogP contribution in [0.25, 0.3) is 32.7 Å². The van der Waals surface area contributed by atoms with Crippen LogP contribution in [0.3, 0.4) is 0 Å². The zero-order valence-corrected chi connectivity index (χ0v) is 25.4. The number of nitrogens with two attached hydrogens (primary N) is 2. The first-order valence-corrected chi connectivity index (χ1v) is 16.5. The van der Waals surface area contributed by atoms with Gasteiger partial charge in [-0.25, -0.2) is 0 Å². The fraction of sp³-hybridized carbons (Fsp3) is 0. The van der Waals surface area contributed by atoms with Crippen molar-refractivity contribution in [1.29, 1.82) is 0 Å². The third-order valence-electron chi connectivity index (χ3n) is 7.33. The first-order chi connectivity index (χ1) is 21.9. The quantitative estimate of drug-likeness (QED) is 0.0421. The van der Waals surface area contributed by atoms with E-state index in [1.807, 2.05) is 36.4 Å². The van der Waals surface area contributed by atoms with Crippen LogP contribution in [0, 0.1) is 0 Å². The normalized spacial score (nSPS) is 12.1. The highest BCUT2D eigenvalue weighted by molar-refractivity contribution is 7.86. The molecule has 12 nitrogen and oxygen atoms in total. The van der Waals surface area contributed by atoms with E-state index in [1.165, 1.54) is 12.1 Å². The molecule has 0 amide bonds. The van der Waals surface area contributed by atoms with E-state index in [0.29, 0.717) is 38.6 Å². The SMILES string of the molecule is Nc1c(S(=O)(=O)O)cc(/N=N/c2ccc(-c3ccc(NNc4cc(S(=O)(=O)O)c(N)c5ccccc45)cc3)cc2)c2ccccc12. The fourth-order valence-corrected chi connectivity index (χ4v) is 6.36. The van der Waals surface area contributed by atoms with E-state index < -0.39 is 30.0 Å². The Bertz CT molecular complexity index is 2380. The summed E-state index contributed by atoms with van der Waals surface area (Å²) in [5.41, 5.74) is 21.6.